The lowest BCUT2D eigenvalue weighted by atomic mass is 10.0. The Hall–Kier alpha value is -2.71. The van der Waals surface area contributed by atoms with Gasteiger partial charge in [-0.3, -0.25) is 9.59 Å². The number of hydrogen-bond donors (Lipinski definition) is 1. The molecule has 0 saturated carbocycles. The topological polar surface area (TPSA) is 101 Å². The predicted octanol–water partition coefficient (Wildman–Crippen LogP) is 3.03. The third kappa shape index (κ3) is 6.65. The van der Waals surface area contributed by atoms with E-state index < -0.39 is 15.1 Å². The van der Waals surface area contributed by atoms with Crippen LogP contribution < -0.4 is 5.73 Å². The van der Waals surface area contributed by atoms with Crippen LogP contribution in [0.3, 0.4) is 0 Å². The number of piperidine rings is 1. The molecule has 2 aromatic carbocycles. The van der Waals surface area contributed by atoms with Crippen molar-refractivity contribution in [2.24, 2.45) is 5.73 Å². The Morgan fingerprint density at radius 2 is 1.64 bits per heavy atom. The van der Waals surface area contributed by atoms with Crippen LogP contribution in [-0.2, 0) is 27.5 Å². The van der Waals surface area contributed by atoms with Crippen LogP contribution in [0.5, 0.6) is 0 Å². The van der Waals surface area contributed by atoms with Crippen LogP contribution in [0.4, 0.5) is 4.79 Å². The van der Waals surface area contributed by atoms with Crippen LogP contribution in [0, 0.1) is 0 Å². The highest BCUT2D eigenvalue weighted by molar-refractivity contribution is 8.06. The predicted molar refractivity (Wildman–Crippen MR) is 129 cm³/mol. The minimum Gasteiger partial charge on any atom is -0.356 e. The number of aryl methyl sites for hydroxylation is 1. The van der Waals surface area contributed by atoms with Crippen molar-refractivity contribution in [1.29, 1.82) is 0 Å². The summed E-state index contributed by atoms with van der Waals surface area (Å²) in [6.07, 6.45) is 4.33. The van der Waals surface area contributed by atoms with Gasteiger partial charge in [-0.1, -0.05) is 42.5 Å². The van der Waals surface area contributed by atoms with Gasteiger partial charge in [0.1, 0.15) is 0 Å². The number of amides is 2. The van der Waals surface area contributed by atoms with E-state index in [9.17, 15) is 18.0 Å². The van der Waals surface area contributed by atoms with E-state index in [1.165, 1.54) is 17.7 Å². The maximum atomic E-state index is 13.0. The fourth-order valence-electron chi connectivity index (χ4n) is 4.42. The molecule has 7 nitrogen and oxygen atoms in total. The first-order chi connectivity index (χ1) is 15.8. The molecule has 1 aliphatic rings. The van der Waals surface area contributed by atoms with Gasteiger partial charge in [-0.05, 0) is 62.4 Å². The number of likely N-dealkylation sites (tertiary alicyclic amines) is 1. The Morgan fingerprint density at radius 3 is 2.21 bits per heavy atom. The number of rotatable bonds is 9. The van der Waals surface area contributed by atoms with Gasteiger partial charge in [0.2, 0.25) is 5.91 Å². The van der Waals surface area contributed by atoms with E-state index in [1.807, 2.05) is 17.9 Å². The van der Waals surface area contributed by atoms with Crippen molar-refractivity contribution in [1.82, 2.24) is 9.80 Å². The van der Waals surface area contributed by atoms with Gasteiger partial charge in [-0.2, -0.15) is 0 Å². The highest BCUT2D eigenvalue weighted by Crippen LogP contribution is 2.19. The van der Waals surface area contributed by atoms with E-state index in [0.717, 1.165) is 45.3 Å². The van der Waals surface area contributed by atoms with Gasteiger partial charge in [-0.15, -0.1) is 0 Å². The van der Waals surface area contributed by atoms with E-state index in [0.29, 0.717) is 12.1 Å². The van der Waals surface area contributed by atoms with Crippen LogP contribution in [0.25, 0.3) is 0 Å². The lowest BCUT2D eigenvalue weighted by molar-refractivity contribution is -0.133. The molecule has 0 aliphatic carbocycles. The minimum atomic E-state index is -4.15. The van der Waals surface area contributed by atoms with Gasteiger partial charge in [0.15, 0.2) is 0 Å². The number of likely N-dealkylation sites (N-methyl/N-ethyl adjacent to an activating group) is 1. The minimum absolute atomic E-state index is 0.0329. The molecule has 0 atom stereocenters. The Labute approximate surface area is 196 Å². The zero-order chi connectivity index (χ0) is 23.8. The Bertz CT molecular complexity index is 1030. The number of primary amides is 1. The van der Waals surface area contributed by atoms with Gasteiger partial charge in [0.25, 0.3) is 9.84 Å². The van der Waals surface area contributed by atoms with Gasteiger partial charge >= 0.3 is 5.24 Å². The van der Waals surface area contributed by atoms with Crippen molar-refractivity contribution in [2.45, 2.75) is 50.0 Å². The normalized spacial score (nSPS) is 15.3. The average Bonchev–Trinajstić information content (AvgIpc) is 2.81. The molecule has 2 N–H and O–H groups in total. The fourth-order valence-corrected chi connectivity index (χ4v) is 5.15. The largest absolute Gasteiger partial charge is 0.356 e. The number of nitrogens with two attached hydrogens (primary N) is 1. The summed E-state index contributed by atoms with van der Waals surface area (Å²) in [5.41, 5.74) is 7.01. The van der Waals surface area contributed by atoms with Crippen molar-refractivity contribution in [3.63, 3.8) is 0 Å². The third-order valence-electron chi connectivity index (χ3n) is 6.30. The number of benzene rings is 2. The van der Waals surface area contributed by atoms with Crippen LogP contribution >= 0.6 is 0 Å². The summed E-state index contributed by atoms with van der Waals surface area (Å²) in [7, 11) is -4.15. The molecule has 1 aliphatic heterocycles. The van der Waals surface area contributed by atoms with Crippen LogP contribution in [0.2, 0.25) is 0 Å². The first-order valence-electron chi connectivity index (χ1n) is 11.5. The quantitative estimate of drug-likeness (QED) is 0.606. The molecule has 1 fully saturated rings. The average molecular weight is 472 g/mol. The van der Waals surface area contributed by atoms with Crippen molar-refractivity contribution in [3.8, 4) is 0 Å². The fraction of sp³-hybridized carbons (Fsp3) is 0.440. The number of hydrogen-bond acceptors (Lipinski definition) is 5. The van der Waals surface area contributed by atoms with Crippen molar-refractivity contribution < 1.29 is 18.0 Å². The molecule has 0 bridgehead atoms. The van der Waals surface area contributed by atoms with Crippen molar-refractivity contribution in [3.05, 3.63) is 65.7 Å². The molecule has 0 spiro atoms. The number of nitrogens with zero attached hydrogens (tertiary/aromatic N) is 2. The molecular formula is C25H33N3O4S. The van der Waals surface area contributed by atoms with E-state index in [1.54, 1.807) is 12.1 Å². The monoisotopic (exact) mass is 471 g/mol. The summed E-state index contributed by atoms with van der Waals surface area (Å²) in [4.78, 5) is 28.3. The number of carbonyl (C=O) groups is 2. The lowest BCUT2D eigenvalue weighted by Crippen LogP contribution is -2.48. The van der Waals surface area contributed by atoms with Crippen molar-refractivity contribution >= 4 is 21.0 Å². The summed E-state index contributed by atoms with van der Waals surface area (Å²) in [6, 6.07) is 16.5. The van der Waals surface area contributed by atoms with Gasteiger partial charge in [0, 0.05) is 25.7 Å². The molecule has 0 unspecified atom stereocenters. The van der Waals surface area contributed by atoms with Crippen molar-refractivity contribution in [2.75, 3.05) is 26.2 Å². The Morgan fingerprint density at radius 1 is 1.00 bits per heavy atom. The molecule has 8 heteroatoms. The first-order valence-corrected chi connectivity index (χ1v) is 13.0. The first kappa shape index (κ1) is 24.9. The van der Waals surface area contributed by atoms with E-state index in [4.69, 9.17) is 5.73 Å². The Kier molecular flexibility index (Phi) is 8.63. The molecule has 1 saturated heterocycles. The molecular weight excluding hydrogens is 438 g/mol. The van der Waals surface area contributed by atoms with E-state index >= 15 is 0 Å². The molecule has 178 valence electrons. The highest BCUT2D eigenvalue weighted by Gasteiger charge is 2.27. The summed E-state index contributed by atoms with van der Waals surface area (Å²) in [6.45, 7) is 5.69. The summed E-state index contributed by atoms with van der Waals surface area (Å²) in [5.74, 6) is 0.0329. The molecule has 2 aromatic rings. The number of sulfone groups is 1. The lowest BCUT2D eigenvalue weighted by Gasteiger charge is -2.38. The zero-order valence-corrected chi connectivity index (χ0v) is 20.0. The third-order valence-corrected chi connectivity index (χ3v) is 7.72. The summed E-state index contributed by atoms with van der Waals surface area (Å²) in [5, 5.41) is -1.38. The van der Waals surface area contributed by atoms with Gasteiger partial charge < -0.3 is 15.5 Å². The second-order valence-corrected chi connectivity index (χ2v) is 10.4. The molecule has 33 heavy (non-hydrogen) atoms. The Balaban J connectivity index is 1.48. The van der Waals surface area contributed by atoms with Gasteiger partial charge in [0.05, 0.1) is 11.3 Å². The maximum absolute atomic E-state index is 13.0. The second-order valence-electron chi connectivity index (χ2n) is 8.48. The number of carbonyl (C=O) groups excluding carboxylic acids is 2. The van der Waals surface area contributed by atoms with E-state index in [-0.39, 0.29) is 23.3 Å². The maximum Gasteiger partial charge on any atom is 0.338 e. The van der Waals surface area contributed by atoms with Gasteiger partial charge in [-0.25, -0.2) is 8.42 Å². The van der Waals surface area contributed by atoms with Crippen LogP contribution in [0.15, 0.2) is 59.5 Å². The summed E-state index contributed by atoms with van der Waals surface area (Å²) >= 11 is 0. The molecule has 0 radical (unpaired) electrons. The van der Waals surface area contributed by atoms with Crippen LogP contribution in [0.1, 0.15) is 37.3 Å². The highest BCUT2D eigenvalue weighted by atomic mass is 32.2. The van der Waals surface area contributed by atoms with E-state index in [2.05, 4.69) is 29.2 Å². The smallest absolute Gasteiger partial charge is 0.338 e. The molecule has 0 aromatic heterocycles. The zero-order valence-electron chi connectivity index (χ0n) is 19.2. The standard InChI is InChI=1S/C25H33N3O4S/c1-2-28(24(29)19-21-10-12-23(13-11-21)33(31,32)25(26)30)22-14-17-27(18-15-22)16-6-9-20-7-4-3-5-8-20/h3-5,7-8,10-13,22H,2,6,9,14-19H2,1H3,(H2,26,30). The molecule has 3 rings (SSSR count). The molecule has 1 heterocycles. The SMILES string of the molecule is CCN(C(=O)Cc1ccc(S(=O)(=O)C(N)=O)cc1)C1CCN(CCCc2ccccc2)CC1. The van der Waals surface area contributed by atoms with Crippen LogP contribution in [-0.4, -0.2) is 61.6 Å². The second kappa shape index (κ2) is 11.4. The molecule has 2 amide bonds. The summed E-state index contributed by atoms with van der Waals surface area (Å²) < 4.78 is 23.7.